The highest BCUT2D eigenvalue weighted by molar-refractivity contribution is 7.25. The maximum Gasteiger partial charge on any atom is 0.0713 e. The maximum atomic E-state index is 2.41. The lowest BCUT2D eigenvalue weighted by molar-refractivity contribution is 0.768. The number of hydrogen-bond donors (Lipinski definition) is 0. The fraction of sp³-hybridized carbons (Fsp3) is 0.0137. The van der Waals surface area contributed by atoms with Crippen LogP contribution in [0.5, 0.6) is 0 Å². The van der Waals surface area contributed by atoms with E-state index < -0.39 is 5.41 Å². The summed E-state index contributed by atoms with van der Waals surface area (Å²) in [5.74, 6) is 0. The molecule has 2 aromatic heterocycles. The minimum Gasteiger partial charge on any atom is -0.310 e. The van der Waals surface area contributed by atoms with Crippen molar-refractivity contribution in [1.82, 2.24) is 4.57 Å². The van der Waals surface area contributed by atoms with Gasteiger partial charge in [0.1, 0.15) is 0 Å². The predicted octanol–water partition coefficient (Wildman–Crippen LogP) is 20.0. The van der Waals surface area contributed by atoms with E-state index in [9.17, 15) is 0 Å². The molecule has 0 atom stereocenters. The van der Waals surface area contributed by atoms with E-state index in [0.717, 1.165) is 22.7 Å². The molecule has 0 aliphatic heterocycles. The predicted molar refractivity (Wildman–Crippen MR) is 322 cm³/mol. The van der Waals surface area contributed by atoms with Crippen molar-refractivity contribution in [2.24, 2.45) is 0 Å². The van der Waals surface area contributed by atoms with Crippen LogP contribution in [0.15, 0.2) is 291 Å². The van der Waals surface area contributed by atoms with Crippen LogP contribution in [0.1, 0.15) is 22.3 Å². The minimum atomic E-state index is -0.435. The molecule has 0 radical (unpaired) electrons. The van der Waals surface area contributed by atoms with Crippen molar-refractivity contribution in [1.29, 1.82) is 0 Å². The molecule has 2 nitrogen and oxygen atoms in total. The van der Waals surface area contributed by atoms with Crippen molar-refractivity contribution >= 4 is 70.4 Å². The van der Waals surface area contributed by atoms with Crippen LogP contribution < -0.4 is 4.90 Å². The number of anilines is 3. The van der Waals surface area contributed by atoms with Crippen molar-refractivity contribution in [2.45, 2.75) is 5.41 Å². The second-order valence-electron chi connectivity index (χ2n) is 20.0. The number of benzene rings is 12. The van der Waals surface area contributed by atoms with Crippen molar-refractivity contribution in [3.8, 4) is 50.2 Å². The molecule has 15 rings (SSSR count). The largest absolute Gasteiger partial charge is 0.310 e. The van der Waals surface area contributed by atoms with Gasteiger partial charge in [0.05, 0.1) is 16.4 Å². The molecular weight excluding hydrogens is 937 g/mol. The Hall–Kier alpha value is -9.54. The van der Waals surface area contributed by atoms with Crippen LogP contribution in [0.2, 0.25) is 0 Å². The Bertz CT molecular complexity index is 4430. The summed E-state index contributed by atoms with van der Waals surface area (Å²) >= 11 is 1.86. The zero-order valence-electron chi connectivity index (χ0n) is 41.5. The van der Waals surface area contributed by atoms with Gasteiger partial charge in [-0.2, -0.15) is 0 Å². The van der Waals surface area contributed by atoms with Crippen molar-refractivity contribution < 1.29 is 0 Å². The van der Waals surface area contributed by atoms with Gasteiger partial charge < -0.3 is 9.47 Å². The molecule has 0 saturated heterocycles. The van der Waals surface area contributed by atoms with Crippen molar-refractivity contribution in [3.63, 3.8) is 0 Å². The zero-order valence-corrected chi connectivity index (χ0v) is 42.3. The van der Waals surface area contributed by atoms with E-state index in [-0.39, 0.29) is 0 Å². The monoisotopic (exact) mass is 984 g/mol. The number of para-hydroxylation sites is 1. The first-order valence-corrected chi connectivity index (χ1v) is 27.0. The third-order valence-corrected chi connectivity index (χ3v) is 17.0. The third-order valence-electron chi connectivity index (χ3n) is 15.9. The van der Waals surface area contributed by atoms with Gasteiger partial charge in [-0.15, -0.1) is 11.3 Å². The first-order chi connectivity index (χ1) is 37.7. The van der Waals surface area contributed by atoms with Gasteiger partial charge in [0.2, 0.25) is 0 Å². The molecule has 3 heteroatoms. The number of thiophene rings is 1. The Morgan fingerprint density at radius 3 is 1.33 bits per heavy atom. The van der Waals surface area contributed by atoms with E-state index in [1.807, 2.05) is 11.3 Å². The highest BCUT2D eigenvalue weighted by Gasteiger charge is 2.45. The molecule has 0 unspecified atom stereocenters. The van der Waals surface area contributed by atoms with Crippen LogP contribution in [0.4, 0.5) is 17.1 Å². The molecule has 0 saturated carbocycles. The first-order valence-electron chi connectivity index (χ1n) is 26.1. The third kappa shape index (κ3) is 7.01. The number of rotatable bonds is 9. The molecule has 12 aromatic carbocycles. The fourth-order valence-corrected chi connectivity index (χ4v) is 13.5. The van der Waals surface area contributed by atoms with Crippen LogP contribution in [0.25, 0.3) is 92.2 Å². The fourth-order valence-electron chi connectivity index (χ4n) is 12.4. The summed E-state index contributed by atoms with van der Waals surface area (Å²) < 4.78 is 5.00. The number of fused-ring (bicyclic) bond motifs is 9. The van der Waals surface area contributed by atoms with Crippen molar-refractivity contribution in [3.05, 3.63) is 313 Å². The lowest BCUT2D eigenvalue weighted by Gasteiger charge is -2.34. The maximum absolute atomic E-state index is 2.41. The highest BCUT2D eigenvalue weighted by Crippen LogP contribution is 2.56. The minimum absolute atomic E-state index is 0.435. The summed E-state index contributed by atoms with van der Waals surface area (Å²) in [7, 11) is 0. The number of aromatic nitrogens is 1. The molecule has 14 aromatic rings. The molecule has 76 heavy (non-hydrogen) atoms. The van der Waals surface area contributed by atoms with Crippen molar-refractivity contribution in [2.75, 3.05) is 4.90 Å². The van der Waals surface area contributed by atoms with E-state index >= 15 is 0 Å². The van der Waals surface area contributed by atoms with E-state index in [0.29, 0.717) is 0 Å². The molecule has 1 aliphatic rings. The van der Waals surface area contributed by atoms with E-state index in [1.165, 1.54) is 109 Å². The van der Waals surface area contributed by atoms with E-state index in [4.69, 9.17) is 0 Å². The normalized spacial score (nSPS) is 12.6. The summed E-state index contributed by atoms with van der Waals surface area (Å²) in [6.07, 6.45) is 0. The van der Waals surface area contributed by atoms with Gasteiger partial charge in [-0.3, -0.25) is 0 Å². The molecule has 0 spiro atoms. The van der Waals surface area contributed by atoms with Gasteiger partial charge in [0.25, 0.3) is 0 Å². The van der Waals surface area contributed by atoms with Gasteiger partial charge in [0.15, 0.2) is 0 Å². The first kappa shape index (κ1) is 44.0. The van der Waals surface area contributed by atoms with Crippen LogP contribution in [-0.4, -0.2) is 4.57 Å². The molecule has 0 amide bonds. The Morgan fingerprint density at radius 1 is 0.289 bits per heavy atom. The molecule has 356 valence electrons. The summed E-state index contributed by atoms with van der Waals surface area (Å²) in [5.41, 5.74) is 21.3. The van der Waals surface area contributed by atoms with Gasteiger partial charge in [-0.25, -0.2) is 0 Å². The van der Waals surface area contributed by atoms with Gasteiger partial charge in [-0.05, 0) is 146 Å². The smallest absolute Gasteiger partial charge is 0.0713 e. The SMILES string of the molecule is c1ccc(-c2ccc(N(c3ccc(-c4ccc5c(c4)c4cc(-c6ccc(C7(c8ccccc8)c8ccccc8-c8ccccc87)cc6)ccc4n5-c4ccccc4)cc3)c3ccc4c(c3)sc3ccccc34)cc2)cc1. The van der Waals surface area contributed by atoms with E-state index in [1.54, 1.807) is 0 Å². The zero-order chi connectivity index (χ0) is 50.2. The Labute approximate surface area is 446 Å². The lowest BCUT2D eigenvalue weighted by atomic mass is 9.67. The molecule has 0 fully saturated rings. The van der Waals surface area contributed by atoms with Crippen LogP contribution in [0, 0.1) is 0 Å². The second kappa shape index (κ2) is 17.8. The molecule has 0 bridgehead atoms. The molecule has 0 N–H and O–H groups in total. The average molecular weight is 985 g/mol. The van der Waals surface area contributed by atoms with E-state index in [2.05, 4.69) is 301 Å². The van der Waals surface area contributed by atoms with Crippen LogP contribution >= 0.6 is 11.3 Å². The molecular formula is C73H48N2S. The lowest BCUT2D eigenvalue weighted by Crippen LogP contribution is -2.28. The topological polar surface area (TPSA) is 8.17 Å². The van der Waals surface area contributed by atoms with Gasteiger partial charge in [0, 0.05) is 53.7 Å². The van der Waals surface area contributed by atoms with Crippen LogP contribution in [-0.2, 0) is 5.41 Å². The Balaban J connectivity index is 0.825. The van der Waals surface area contributed by atoms with Crippen LogP contribution in [0.3, 0.4) is 0 Å². The highest BCUT2D eigenvalue weighted by atomic mass is 32.1. The second-order valence-corrected chi connectivity index (χ2v) is 21.1. The Kier molecular flexibility index (Phi) is 10.3. The Morgan fingerprint density at radius 2 is 0.724 bits per heavy atom. The molecule has 1 aliphatic carbocycles. The number of hydrogen-bond acceptors (Lipinski definition) is 2. The molecule has 2 heterocycles. The average Bonchev–Trinajstić information content (AvgIpc) is 4.18. The summed E-state index contributed by atoms with van der Waals surface area (Å²) in [4.78, 5) is 2.39. The summed E-state index contributed by atoms with van der Waals surface area (Å²) in [6, 6.07) is 107. The standard InChI is InChI=1S/C73H48N2S/c1-4-16-49(17-5-1)50-30-38-58(39-31-50)74(60-42-43-64-63-24-12-15-27-71(63)76-72(64)48-60)59-40-32-52(33-41-59)54-35-45-70-66(47-54)65-46-53(34-44-69(65)75(70)57-20-8-3-9-21-57)51-28-36-56(37-29-51)73(55-18-6-2-7-19-55)67-25-13-10-22-61(67)62-23-11-14-26-68(62)73/h1-48H. The van der Waals surface area contributed by atoms with Gasteiger partial charge in [-0.1, -0.05) is 212 Å². The number of nitrogens with zero attached hydrogens (tertiary/aromatic N) is 2. The summed E-state index contributed by atoms with van der Waals surface area (Å²) in [6.45, 7) is 0. The summed E-state index contributed by atoms with van der Waals surface area (Å²) in [5, 5.41) is 5.04. The quantitative estimate of drug-likeness (QED) is 0.140. The van der Waals surface area contributed by atoms with Gasteiger partial charge >= 0.3 is 0 Å².